The van der Waals surface area contributed by atoms with Gasteiger partial charge >= 0.3 is 0 Å². The van der Waals surface area contributed by atoms with E-state index in [-0.39, 0.29) is 0 Å². The summed E-state index contributed by atoms with van der Waals surface area (Å²) in [6.45, 7) is 6.77. The Hall–Kier alpha value is -1.99. The van der Waals surface area contributed by atoms with Crippen LogP contribution < -0.4 is 5.32 Å². The van der Waals surface area contributed by atoms with Crippen LogP contribution in [0.1, 0.15) is 29.5 Å². The molecule has 126 valence electrons. The molecule has 0 spiro atoms. The first-order valence-electron chi connectivity index (χ1n) is 8.29. The largest absolute Gasteiger partial charge is 0.459 e. The molecule has 1 N–H and O–H groups in total. The Kier molecular flexibility index (Phi) is 4.20. The summed E-state index contributed by atoms with van der Waals surface area (Å²) in [7, 11) is 0. The molecular formula is C17H21N5OS. The van der Waals surface area contributed by atoms with Gasteiger partial charge in [0.25, 0.3) is 0 Å². The molecule has 1 unspecified atom stereocenters. The van der Waals surface area contributed by atoms with Gasteiger partial charge in [-0.3, -0.25) is 0 Å². The van der Waals surface area contributed by atoms with E-state index in [0.29, 0.717) is 5.92 Å². The van der Waals surface area contributed by atoms with Gasteiger partial charge in [0.15, 0.2) is 10.8 Å². The van der Waals surface area contributed by atoms with Crippen molar-refractivity contribution in [2.45, 2.75) is 39.8 Å². The fraction of sp³-hybridized carbons (Fsp3) is 0.471. The van der Waals surface area contributed by atoms with E-state index in [1.54, 1.807) is 11.3 Å². The van der Waals surface area contributed by atoms with E-state index in [1.165, 1.54) is 6.42 Å². The Bertz CT molecular complexity index is 834. The summed E-state index contributed by atoms with van der Waals surface area (Å²) in [4.78, 5) is 4.66. The monoisotopic (exact) mass is 343 g/mol. The molecule has 4 heterocycles. The molecule has 1 aliphatic rings. The minimum absolute atomic E-state index is 0.623. The fourth-order valence-electron chi connectivity index (χ4n) is 3.15. The van der Waals surface area contributed by atoms with Crippen molar-refractivity contribution in [1.29, 1.82) is 0 Å². The summed E-state index contributed by atoms with van der Waals surface area (Å²) in [5.41, 5.74) is 1.07. The molecule has 3 aromatic rings. The van der Waals surface area contributed by atoms with Crippen LogP contribution in [0.5, 0.6) is 0 Å². The molecule has 1 atom stereocenters. The topological polar surface area (TPSA) is 68.8 Å². The van der Waals surface area contributed by atoms with Crippen LogP contribution in [0.2, 0.25) is 0 Å². The number of hydrogen-bond acceptors (Lipinski definition) is 6. The molecule has 1 aliphatic heterocycles. The first-order valence-corrected chi connectivity index (χ1v) is 9.17. The molecule has 0 bridgehead atoms. The van der Waals surface area contributed by atoms with Crippen molar-refractivity contribution >= 4 is 11.3 Å². The van der Waals surface area contributed by atoms with Crippen molar-refractivity contribution < 1.29 is 4.42 Å². The maximum atomic E-state index is 5.63. The number of aromatic nitrogens is 4. The molecule has 0 saturated heterocycles. The Morgan fingerprint density at radius 2 is 2.25 bits per heavy atom. The number of fused-ring (bicyclic) bond motifs is 1. The van der Waals surface area contributed by atoms with Gasteiger partial charge in [-0.2, -0.15) is 0 Å². The Labute approximate surface area is 144 Å². The molecule has 0 aliphatic carbocycles. The Morgan fingerprint density at radius 1 is 1.33 bits per heavy atom. The second-order valence-corrected chi connectivity index (χ2v) is 7.22. The van der Waals surface area contributed by atoms with Crippen molar-refractivity contribution in [2.24, 2.45) is 5.92 Å². The van der Waals surface area contributed by atoms with Crippen LogP contribution in [-0.2, 0) is 19.5 Å². The van der Waals surface area contributed by atoms with E-state index < -0.39 is 0 Å². The van der Waals surface area contributed by atoms with Crippen molar-refractivity contribution in [3.05, 3.63) is 40.6 Å². The molecule has 0 saturated carbocycles. The Balaban J connectivity index is 1.30. The van der Waals surface area contributed by atoms with Crippen molar-refractivity contribution in [3.63, 3.8) is 0 Å². The average molecular weight is 343 g/mol. The molecular weight excluding hydrogens is 322 g/mol. The summed E-state index contributed by atoms with van der Waals surface area (Å²) >= 11 is 1.63. The molecule has 0 radical (unpaired) electrons. The maximum Gasteiger partial charge on any atom is 0.162 e. The van der Waals surface area contributed by atoms with Crippen LogP contribution in [0.4, 0.5) is 0 Å². The summed E-state index contributed by atoms with van der Waals surface area (Å²) in [6, 6.07) is 3.95. The number of hydrogen-bond donors (Lipinski definition) is 1. The van der Waals surface area contributed by atoms with E-state index in [9.17, 15) is 0 Å². The highest BCUT2D eigenvalue weighted by Crippen LogP contribution is 2.25. The maximum absolute atomic E-state index is 5.63. The molecule has 4 rings (SSSR count). The van der Waals surface area contributed by atoms with Crippen LogP contribution in [-0.4, -0.2) is 26.3 Å². The minimum Gasteiger partial charge on any atom is -0.459 e. The molecule has 0 aromatic carbocycles. The normalized spacial score (nSPS) is 17.2. The molecule has 0 fully saturated rings. The minimum atomic E-state index is 0.623. The van der Waals surface area contributed by atoms with Crippen molar-refractivity contribution in [1.82, 2.24) is 25.1 Å². The van der Waals surface area contributed by atoms with Crippen LogP contribution in [0.15, 0.2) is 21.9 Å². The quantitative estimate of drug-likeness (QED) is 0.771. The molecule has 3 aromatic heterocycles. The number of thiazole rings is 1. The first-order chi connectivity index (χ1) is 11.7. The zero-order valence-electron chi connectivity index (χ0n) is 14.0. The van der Waals surface area contributed by atoms with E-state index in [2.05, 4.69) is 30.4 Å². The molecule has 0 amide bonds. The van der Waals surface area contributed by atoms with Crippen molar-refractivity contribution in [3.8, 4) is 10.8 Å². The average Bonchev–Trinajstić information content (AvgIpc) is 3.29. The summed E-state index contributed by atoms with van der Waals surface area (Å²) in [5, 5.41) is 15.0. The first kappa shape index (κ1) is 15.5. The highest BCUT2D eigenvalue weighted by molar-refractivity contribution is 7.13. The lowest BCUT2D eigenvalue weighted by atomic mass is 9.99. The zero-order chi connectivity index (χ0) is 16.5. The number of furan rings is 1. The van der Waals surface area contributed by atoms with Gasteiger partial charge in [0.1, 0.15) is 17.4 Å². The molecule has 24 heavy (non-hydrogen) atoms. The predicted molar refractivity (Wildman–Crippen MR) is 92.8 cm³/mol. The van der Waals surface area contributed by atoms with Gasteiger partial charge < -0.3 is 14.3 Å². The van der Waals surface area contributed by atoms with Crippen molar-refractivity contribution in [2.75, 3.05) is 6.54 Å². The van der Waals surface area contributed by atoms with Gasteiger partial charge in [-0.25, -0.2) is 4.98 Å². The number of rotatable bonds is 5. The van der Waals surface area contributed by atoms with Crippen LogP contribution in [0, 0.1) is 19.8 Å². The second kappa shape index (κ2) is 6.49. The summed E-state index contributed by atoms with van der Waals surface area (Å²) in [6.07, 6.45) is 2.19. The molecule has 7 heteroatoms. The highest BCUT2D eigenvalue weighted by atomic mass is 32.1. The zero-order valence-corrected chi connectivity index (χ0v) is 14.8. The van der Waals surface area contributed by atoms with E-state index >= 15 is 0 Å². The third-order valence-electron chi connectivity index (χ3n) is 4.47. The van der Waals surface area contributed by atoms with Gasteiger partial charge in [0, 0.05) is 31.4 Å². The van der Waals surface area contributed by atoms with E-state index in [0.717, 1.165) is 59.9 Å². The van der Waals surface area contributed by atoms with Gasteiger partial charge in [-0.05, 0) is 38.3 Å². The summed E-state index contributed by atoms with van der Waals surface area (Å²) in [5.74, 6) is 4.54. The van der Waals surface area contributed by atoms with Gasteiger partial charge in [0.2, 0.25) is 0 Å². The summed E-state index contributed by atoms with van der Waals surface area (Å²) < 4.78 is 7.88. The third kappa shape index (κ3) is 3.14. The predicted octanol–water partition coefficient (Wildman–Crippen LogP) is 2.96. The van der Waals surface area contributed by atoms with Crippen LogP contribution in [0.25, 0.3) is 10.8 Å². The van der Waals surface area contributed by atoms with Gasteiger partial charge in [0.05, 0.1) is 5.69 Å². The lowest BCUT2D eigenvalue weighted by Gasteiger charge is -2.24. The lowest BCUT2D eigenvalue weighted by molar-refractivity contribution is 0.344. The van der Waals surface area contributed by atoms with E-state index in [4.69, 9.17) is 4.42 Å². The number of aryl methyl sites for hydroxylation is 3. The van der Waals surface area contributed by atoms with E-state index in [1.807, 2.05) is 26.0 Å². The van der Waals surface area contributed by atoms with Crippen LogP contribution in [0.3, 0.4) is 0 Å². The number of nitrogens with zero attached hydrogens (tertiary/aromatic N) is 4. The fourth-order valence-corrected chi connectivity index (χ4v) is 3.93. The third-order valence-corrected chi connectivity index (χ3v) is 5.38. The van der Waals surface area contributed by atoms with Crippen LogP contribution >= 0.6 is 11.3 Å². The second-order valence-electron chi connectivity index (χ2n) is 6.36. The van der Waals surface area contributed by atoms with Gasteiger partial charge in [-0.15, -0.1) is 21.5 Å². The highest BCUT2D eigenvalue weighted by Gasteiger charge is 2.21. The standard InChI is InChI=1S/C17H21N5OS/c1-11-3-5-15(23-11)17-19-14(10-24-17)8-18-7-13-4-6-16-21-20-12(2)22(16)9-13/h3,5,10,13,18H,4,6-9H2,1-2H3. The lowest BCUT2D eigenvalue weighted by Crippen LogP contribution is -2.30. The van der Waals surface area contributed by atoms with Gasteiger partial charge in [-0.1, -0.05) is 0 Å². The number of nitrogens with one attached hydrogen (secondary N) is 1. The smallest absolute Gasteiger partial charge is 0.162 e. The SMILES string of the molecule is Cc1ccc(-c2nc(CNCC3CCc4nnc(C)n4C3)cs2)o1. The molecule has 6 nitrogen and oxygen atoms in total. The Morgan fingerprint density at radius 3 is 3.08 bits per heavy atom.